The summed E-state index contributed by atoms with van der Waals surface area (Å²) in [7, 11) is 3.16. The molecule has 2 amide bonds. The van der Waals surface area contributed by atoms with Gasteiger partial charge < -0.3 is 14.6 Å². The first-order valence-electron chi connectivity index (χ1n) is 4.94. The van der Waals surface area contributed by atoms with Crippen LogP contribution in [0.4, 0.5) is 10.6 Å². The lowest BCUT2D eigenvalue weighted by molar-refractivity contribution is 0.129. The van der Waals surface area contributed by atoms with Gasteiger partial charge in [0.2, 0.25) is 0 Å². The summed E-state index contributed by atoms with van der Waals surface area (Å²) < 4.78 is 10.2. The molecule has 0 aliphatic heterocycles. The van der Waals surface area contributed by atoms with Crippen LogP contribution in [-0.2, 0) is 10.2 Å². The molecule has 0 fully saturated rings. The summed E-state index contributed by atoms with van der Waals surface area (Å²) in [6.45, 7) is 4.46. The molecule has 1 heterocycles. The first kappa shape index (κ1) is 12.5. The minimum absolute atomic E-state index is 0.273. The van der Waals surface area contributed by atoms with E-state index in [-0.39, 0.29) is 11.4 Å². The van der Waals surface area contributed by atoms with Crippen LogP contribution in [0.5, 0.6) is 0 Å². The van der Waals surface area contributed by atoms with Gasteiger partial charge in [-0.3, -0.25) is 5.32 Å². The summed E-state index contributed by atoms with van der Waals surface area (Å²) in [5.74, 6) is 1.05. The number of carbonyl (C=O) groups excluding carboxylic acids is 1. The summed E-state index contributed by atoms with van der Waals surface area (Å²) in [5, 5.41) is 8.71. The van der Waals surface area contributed by atoms with Crippen molar-refractivity contribution in [1.82, 2.24) is 10.5 Å². The summed E-state index contributed by atoms with van der Waals surface area (Å²) in [4.78, 5) is 11.0. The van der Waals surface area contributed by atoms with Gasteiger partial charge in [-0.15, -0.1) is 0 Å². The largest absolute Gasteiger partial charge is 0.384 e. The number of ether oxygens (including phenoxy) is 1. The van der Waals surface area contributed by atoms with Crippen LogP contribution in [-0.4, -0.2) is 32.0 Å². The molecule has 0 aliphatic carbocycles. The topological polar surface area (TPSA) is 76.4 Å². The molecule has 0 bridgehead atoms. The summed E-state index contributed by atoms with van der Waals surface area (Å²) in [6, 6.07) is 1.36. The number of nitrogens with zero attached hydrogens (tertiary/aromatic N) is 1. The Balaban J connectivity index is 2.74. The number of urea groups is 1. The Morgan fingerprint density at radius 2 is 2.31 bits per heavy atom. The van der Waals surface area contributed by atoms with Gasteiger partial charge in [-0.25, -0.2) is 4.79 Å². The summed E-state index contributed by atoms with van der Waals surface area (Å²) in [5.41, 5.74) is -0.273. The monoisotopic (exact) mass is 227 g/mol. The van der Waals surface area contributed by atoms with Gasteiger partial charge >= 0.3 is 6.03 Å². The van der Waals surface area contributed by atoms with Crippen LogP contribution in [0.25, 0.3) is 0 Å². The molecule has 0 unspecified atom stereocenters. The highest BCUT2D eigenvalue weighted by Crippen LogP contribution is 2.25. The molecule has 1 aromatic rings. The number of carbonyl (C=O) groups is 1. The second-order valence-electron chi connectivity index (χ2n) is 4.10. The minimum Gasteiger partial charge on any atom is -0.384 e. The quantitative estimate of drug-likeness (QED) is 0.814. The molecular formula is C10H17N3O3. The first-order valence-corrected chi connectivity index (χ1v) is 4.94. The van der Waals surface area contributed by atoms with Crippen LogP contribution < -0.4 is 10.6 Å². The molecular weight excluding hydrogens is 210 g/mol. The number of methoxy groups -OCH3 is 1. The number of hydrogen-bond donors (Lipinski definition) is 2. The lowest BCUT2D eigenvalue weighted by Crippen LogP contribution is -2.25. The third-order valence-corrected chi connectivity index (χ3v) is 2.15. The number of hydrogen-bond acceptors (Lipinski definition) is 4. The van der Waals surface area contributed by atoms with Gasteiger partial charge in [0.15, 0.2) is 5.82 Å². The Hall–Kier alpha value is -1.56. The average molecular weight is 227 g/mol. The van der Waals surface area contributed by atoms with Crippen molar-refractivity contribution in [3.8, 4) is 0 Å². The van der Waals surface area contributed by atoms with Gasteiger partial charge in [-0.1, -0.05) is 19.0 Å². The number of amides is 2. The molecule has 0 radical (unpaired) electrons. The maximum Gasteiger partial charge on any atom is 0.320 e. The maximum atomic E-state index is 11.0. The van der Waals surface area contributed by atoms with Gasteiger partial charge in [0.1, 0.15) is 5.76 Å². The van der Waals surface area contributed by atoms with E-state index in [0.717, 1.165) is 0 Å². The SMILES string of the molecule is CNC(=O)Nc1cc(C(C)(C)COC)on1. The Morgan fingerprint density at radius 3 is 2.88 bits per heavy atom. The van der Waals surface area contributed by atoms with Crippen LogP contribution in [0.2, 0.25) is 0 Å². The standard InChI is InChI=1S/C10H17N3O3/c1-10(2,6-15-4)7-5-8(13-16-7)12-9(14)11-3/h5H,6H2,1-4H3,(H2,11,12,13,14). The first-order chi connectivity index (χ1) is 7.49. The van der Waals surface area contributed by atoms with Crippen molar-refractivity contribution >= 4 is 11.8 Å². The van der Waals surface area contributed by atoms with E-state index >= 15 is 0 Å². The van der Waals surface area contributed by atoms with E-state index in [4.69, 9.17) is 9.26 Å². The molecule has 0 saturated heterocycles. The zero-order chi connectivity index (χ0) is 12.2. The normalized spacial score (nSPS) is 11.2. The van der Waals surface area contributed by atoms with E-state index in [1.807, 2.05) is 13.8 Å². The number of nitrogens with one attached hydrogen (secondary N) is 2. The molecule has 0 aliphatic rings. The molecule has 0 atom stereocenters. The van der Waals surface area contributed by atoms with Crippen molar-refractivity contribution in [2.75, 3.05) is 26.1 Å². The van der Waals surface area contributed by atoms with Gasteiger partial charge in [-0.05, 0) is 0 Å². The van der Waals surface area contributed by atoms with Crippen molar-refractivity contribution in [1.29, 1.82) is 0 Å². The van der Waals surface area contributed by atoms with Gasteiger partial charge in [0, 0.05) is 25.6 Å². The van der Waals surface area contributed by atoms with Gasteiger partial charge in [0.05, 0.1) is 6.61 Å². The fourth-order valence-corrected chi connectivity index (χ4v) is 1.26. The molecule has 0 saturated carbocycles. The molecule has 90 valence electrons. The molecule has 6 heteroatoms. The fraction of sp³-hybridized carbons (Fsp3) is 0.600. The highest BCUT2D eigenvalue weighted by atomic mass is 16.5. The molecule has 1 rings (SSSR count). The number of aromatic nitrogens is 1. The highest BCUT2D eigenvalue weighted by molar-refractivity contribution is 5.87. The van der Waals surface area contributed by atoms with E-state index in [1.165, 1.54) is 7.05 Å². The molecule has 0 spiro atoms. The zero-order valence-corrected chi connectivity index (χ0v) is 9.96. The van der Waals surface area contributed by atoms with E-state index in [1.54, 1.807) is 13.2 Å². The van der Waals surface area contributed by atoms with Crippen molar-refractivity contribution in [2.24, 2.45) is 0 Å². The van der Waals surface area contributed by atoms with Crippen molar-refractivity contribution in [3.05, 3.63) is 11.8 Å². The van der Waals surface area contributed by atoms with E-state index in [2.05, 4.69) is 15.8 Å². The predicted molar refractivity (Wildman–Crippen MR) is 59.5 cm³/mol. The van der Waals surface area contributed by atoms with Crippen LogP contribution in [0.1, 0.15) is 19.6 Å². The van der Waals surface area contributed by atoms with Crippen molar-refractivity contribution in [2.45, 2.75) is 19.3 Å². The Bertz CT molecular complexity index is 360. The molecule has 16 heavy (non-hydrogen) atoms. The van der Waals surface area contributed by atoms with E-state index in [9.17, 15) is 4.79 Å². The molecule has 1 aromatic heterocycles. The maximum absolute atomic E-state index is 11.0. The van der Waals surface area contributed by atoms with E-state index in [0.29, 0.717) is 18.2 Å². The van der Waals surface area contributed by atoms with E-state index < -0.39 is 0 Å². The third kappa shape index (κ3) is 2.96. The number of rotatable bonds is 4. The Morgan fingerprint density at radius 1 is 1.62 bits per heavy atom. The Kier molecular flexibility index (Phi) is 3.89. The molecule has 6 nitrogen and oxygen atoms in total. The lowest BCUT2D eigenvalue weighted by Gasteiger charge is -2.19. The van der Waals surface area contributed by atoms with Crippen LogP contribution in [0.15, 0.2) is 10.6 Å². The Labute approximate surface area is 94.3 Å². The van der Waals surface area contributed by atoms with Crippen LogP contribution in [0, 0.1) is 0 Å². The molecule has 0 aromatic carbocycles. The average Bonchev–Trinajstić information content (AvgIpc) is 2.66. The second kappa shape index (κ2) is 4.98. The second-order valence-corrected chi connectivity index (χ2v) is 4.10. The zero-order valence-electron chi connectivity index (χ0n) is 9.96. The van der Waals surface area contributed by atoms with Gasteiger partial charge in [0.25, 0.3) is 0 Å². The predicted octanol–water partition coefficient (Wildman–Crippen LogP) is 1.35. The lowest BCUT2D eigenvalue weighted by atomic mass is 9.91. The summed E-state index contributed by atoms with van der Waals surface area (Å²) in [6.07, 6.45) is 0. The summed E-state index contributed by atoms with van der Waals surface area (Å²) >= 11 is 0. The van der Waals surface area contributed by atoms with Crippen molar-refractivity contribution in [3.63, 3.8) is 0 Å². The smallest absolute Gasteiger partial charge is 0.320 e. The van der Waals surface area contributed by atoms with Crippen molar-refractivity contribution < 1.29 is 14.1 Å². The van der Waals surface area contributed by atoms with Crippen LogP contribution >= 0.6 is 0 Å². The highest BCUT2D eigenvalue weighted by Gasteiger charge is 2.26. The minimum atomic E-state index is -0.329. The fourth-order valence-electron chi connectivity index (χ4n) is 1.26. The molecule has 2 N–H and O–H groups in total. The van der Waals surface area contributed by atoms with Crippen LogP contribution in [0.3, 0.4) is 0 Å². The third-order valence-electron chi connectivity index (χ3n) is 2.15. The van der Waals surface area contributed by atoms with Gasteiger partial charge in [-0.2, -0.15) is 0 Å². The number of anilines is 1.